The summed E-state index contributed by atoms with van der Waals surface area (Å²) in [5, 5.41) is 8.71. The second-order valence-corrected chi connectivity index (χ2v) is 3.22. The maximum atomic E-state index is 8.71. The van der Waals surface area contributed by atoms with E-state index >= 15 is 0 Å². The molecule has 0 aromatic carbocycles. The first-order chi connectivity index (χ1) is 4.35. The van der Waals surface area contributed by atoms with Crippen molar-refractivity contribution in [1.82, 2.24) is 0 Å². The average molecular weight is 324 g/mol. The van der Waals surface area contributed by atoms with Crippen molar-refractivity contribution in [2.24, 2.45) is 5.92 Å². The van der Waals surface area contributed by atoms with Gasteiger partial charge in [0.25, 0.3) is 0 Å². The predicted octanol–water partition coefficient (Wildman–Crippen LogP) is 0.495. The van der Waals surface area contributed by atoms with Gasteiger partial charge in [-0.05, 0) is 0 Å². The Morgan fingerprint density at radius 1 is 1.67 bits per heavy atom. The van der Waals surface area contributed by atoms with Gasteiger partial charge in [-0.1, -0.05) is 0 Å². The molecule has 0 fully saturated rings. The summed E-state index contributed by atoms with van der Waals surface area (Å²) < 4.78 is 5.00. The van der Waals surface area contributed by atoms with Crippen LogP contribution in [0.5, 0.6) is 0 Å². The number of hydrogen-bond acceptors (Lipinski definition) is 2. The van der Waals surface area contributed by atoms with Crippen LogP contribution in [0.1, 0.15) is 19.8 Å². The zero-order valence-electron chi connectivity index (χ0n) is 5.76. The summed E-state index contributed by atoms with van der Waals surface area (Å²) in [5.74, 6) is 0.457. The third kappa shape index (κ3) is 5.29. The van der Waals surface area contributed by atoms with Crippen molar-refractivity contribution >= 4 is 26.2 Å². The van der Waals surface area contributed by atoms with Gasteiger partial charge in [0.15, 0.2) is 0 Å². The molecule has 0 heterocycles. The molecule has 0 spiro atoms. The van der Waals surface area contributed by atoms with Gasteiger partial charge in [0.2, 0.25) is 0 Å². The minimum absolute atomic E-state index is 0.307. The molecule has 0 aliphatic carbocycles. The standard InChI is InChI=1S/C6H13O2.Pb/c1-2-6(5-8)3-4-7;/h6,8H,2-5H2,1H3;/q-1;+1. The van der Waals surface area contributed by atoms with Crippen LogP contribution in [0.25, 0.3) is 0 Å². The van der Waals surface area contributed by atoms with Gasteiger partial charge in [0.05, 0.1) is 0 Å². The number of aliphatic hydroxyl groups excluding tert-OH is 1. The van der Waals surface area contributed by atoms with Gasteiger partial charge in [-0.2, -0.15) is 0 Å². The van der Waals surface area contributed by atoms with Crippen molar-refractivity contribution in [3.05, 3.63) is 0 Å². The van der Waals surface area contributed by atoms with E-state index in [1.807, 2.05) is 0 Å². The third-order valence-electron chi connectivity index (χ3n) is 1.46. The second-order valence-electron chi connectivity index (χ2n) is 2.09. The van der Waals surface area contributed by atoms with E-state index in [1.165, 1.54) is 0 Å². The van der Waals surface area contributed by atoms with Crippen LogP contribution < -0.4 is 0 Å². The van der Waals surface area contributed by atoms with E-state index in [-0.39, 0.29) is 0 Å². The molecular formula is C6H13O2Pb. The summed E-state index contributed by atoms with van der Waals surface area (Å²) in [6.07, 6.45) is 2.07. The van der Waals surface area contributed by atoms with Crippen molar-refractivity contribution in [2.75, 3.05) is 13.2 Å². The molecule has 3 heteroatoms. The zero-order chi connectivity index (χ0) is 7.11. The Morgan fingerprint density at radius 3 is 2.67 bits per heavy atom. The predicted molar refractivity (Wildman–Crippen MR) is 37.2 cm³/mol. The van der Waals surface area contributed by atoms with Gasteiger partial charge in [0.1, 0.15) is 0 Å². The first kappa shape index (κ1) is 9.84. The molecule has 3 radical (unpaired) electrons. The SMILES string of the molecule is CCC(CO)CC[O][Pb]. The summed E-state index contributed by atoms with van der Waals surface area (Å²) in [6, 6.07) is 0. The van der Waals surface area contributed by atoms with E-state index in [4.69, 9.17) is 7.79 Å². The fraction of sp³-hybridized carbons (Fsp3) is 1.00. The van der Waals surface area contributed by atoms with E-state index < -0.39 is 0 Å². The molecule has 9 heavy (non-hydrogen) atoms. The van der Waals surface area contributed by atoms with Crippen molar-refractivity contribution < 1.29 is 7.79 Å². The van der Waals surface area contributed by atoms with Crippen molar-refractivity contribution in [1.29, 1.82) is 0 Å². The van der Waals surface area contributed by atoms with Crippen LogP contribution in [0.3, 0.4) is 0 Å². The number of aliphatic hydroxyl groups is 1. The molecule has 0 aromatic heterocycles. The molecule has 0 aliphatic rings. The molecule has 0 saturated heterocycles. The summed E-state index contributed by atoms with van der Waals surface area (Å²) in [6.45, 7) is 3.22. The Bertz CT molecular complexity index is 55.0. The third-order valence-corrected chi connectivity index (χ3v) is 2.26. The van der Waals surface area contributed by atoms with Crippen molar-refractivity contribution in [2.45, 2.75) is 19.8 Å². The van der Waals surface area contributed by atoms with Crippen LogP contribution in [0, 0.1) is 5.92 Å². The van der Waals surface area contributed by atoms with Crippen LogP contribution in [-0.4, -0.2) is 44.5 Å². The summed E-state index contributed by atoms with van der Waals surface area (Å²) in [4.78, 5) is 0. The molecule has 0 bridgehead atoms. The summed E-state index contributed by atoms with van der Waals surface area (Å²) >= 11 is 0.818. The molecule has 1 unspecified atom stereocenters. The van der Waals surface area contributed by atoms with Crippen molar-refractivity contribution in [3.63, 3.8) is 0 Å². The van der Waals surface area contributed by atoms with Crippen molar-refractivity contribution in [3.8, 4) is 0 Å². The van der Waals surface area contributed by atoms with Gasteiger partial charge in [0, 0.05) is 0 Å². The maximum absolute atomic E-state index is 8.71. The van der Waals surface area contributed by atoms with Crippen LogP contribution in [-0.2, 0) is 2.69 Å². The fourth-order valence-electron chi connectivity index (χ4n) is 0.650. The summed E-state index contributed by atoms with van der Waals surface area (Å²) in [7, 11) is 0. The van der Waals surface area contributed by atoms with Gasteiger partial charge < -0.3 is 0 Å². The van der Waals surface area contributed by atoms with Gasteiger partial charge in [-0.3, -0.25) is 0 Å². The molecule has 53 valence electrons. The van der Waals surface area contributed by atoms with E-state index in [2.05, 4.69) is 6.92 Å². The summed E-state index contributed by atoms with van der Waals surface area (Å²) in [5.41, 5.74) is 0. The Hall–Kier alpha value is 0.842. The van der Waals surface area contributed by atoms with Gasteiger partial charge in [-0.15, -0.1) is 0 Å². The van der Waals surface area contributed by atoms with Crippen LogP contribution in [0.4, 0.5) is 0 Å². The van der Waals surface area contributed by atoms with E-state index in [0.717, 1.165) is 45.7 Å². The topological polar surface area (TPSA) is 29.5 Å². The molecule has 0 aromatic rings. The van der Waals surface area contributed by atoms with Gasteiger partial charge >= 0.3 is 72.9 Å². The fourth-order valence-corrected chi connectivity index (χ4v) is 1.11. The Balaban J connectivity index is 3.09. The average Bonchev–Trinajstić information content (AvgIpc) is 1.91. The van der Waals surface area contributed by atoms with Crippen LogP contribution in [0.15, 0.2) is 0 Å². The Labute approximate surface area is 72.9 Å². The van der Waals surface area contributed by atoms with E-state index in [9.17, 15) is 0 Å². The molecule has 0 rings (SSSR count). The van der Waals surface area contributed by atoms with E-state index in [0.29, 0.717) is 12.5 Å². The Morgan fingerprint density at radius 2 is 2.33 bits per heavy atom. The first-order valence-corrected chi connectivity index (χ1v) is 4.83. The van der Waals surface area contributed by atoms with Gasteiger partial charge in [-0.25, -0.2) is 0 Å². The Kier molecular flexibility index (Phi) is 7.61. The molecular weight excluding hydrogens is 311 g/mol. The first-order valence-electron chi connectivity index (χ1n) is 3.24. The number of hydrogen-bond donors (Lipinski definition) is 1. The second kappa shape index (κ2) is 6.96. The normalized spacial score (nSPS) is 13.7. The van der Waals surface area contributed by atoms with E-state index in [1.54, 1.807) is 0 Å². The molecule has 0 saturated carbocycles. The molecule has 0 amide bonds. The van der Waals surface area contributed by atoms with Crippen LogP contribution >= 0.6 is 0 Å². The minimum atomic E-state index is 0.307. The molecule has 0 aliphatic heterocycles. The molecule has 2 nitrogen and oxygen atoms in total. The van der Waals surface area contributed by atoms with Crippen LogP contribution in [0.2, 0.25) is 0 Å². The zero-order valence-corrected chi connectivity index (χ0v) is 9.65. The quantitative estimate of drug-likeness (QED) is 0.746. The number of rotatable bonds is 5. The molecule has 1 atom stereocenters. The monoisotopic (exact) mass is 325 g/mol. The molecule has 1 N–H and O–H groups in total.